The second-order valence-corrected chi connectivity index (χ2v) is 6.24. The molecule has 1 aliphatic heterocycles. The summed E-state index contributed by atoms with van der Waals surface area (Å²) in [5.74, 6) is 0.0175. The standard InChI is InChI=1S/C20H23N5O/c1-13-10-19(26)25-18-5-3-4-17(20(18)23-13)24-16-8-6-14(7-9-16)15(11-21)12-22-2/h3-9,11-13,23-24H,10,21H2,1-2H3,(H,25,26)/t13-/m1/s1. The lowest BCUT2D eigenvalue weighted by Crippen LogP contribution is -2.19. The summed E-state index contributed by atoms with van der Waals surface area (Å²) in [7, 11) is 1.72. The third-order valence-electron chi connectivity index (χ3n) is 4.17. The fourth-order valence-corrected chi connectivity index (χ4v) is 2.95. The van der Waals surface area contributed by atoms with E-state index < -0.39 is 0 Å². The lowest BCUT2D eigenvalue weighted by molar-refractivity contribution is -0.116. The van der Waals surface area contributed by atoms with Gasteiger partial charge in [0, 0.05) is 43.2 Å². The van der Waals surface area contributed by atoms with E-state index in [1.807, 2.05) is 49.4 Å². The Labute approximate surface area is 153 Å². The molecule has 6 heteroatoms. The molecule has 0 fully saturated rings. The number of benzene rings is 2. The van der Waals surface area contributed by atoms with Gasteiger partial charge in [0.15, 0.2) is 0 Å². The molecule has 0 unspecified atom stereocenters. The molecule has 0 saturated carbocycles. The summed E-state index contributed by atoms with van der Waals surface area (Å²) >= 11 is 0. The van der Waals surface area contributed by atoms with Crippen LogP contribution in [0.1, 0.15) is 18.9 Å². The van der Waals surface area contributed by atoms with Gasteiger partial charge in [-0.15, -0.1) is 0 Å². The summed E-state index contributed by atoms with van der Waals surface area (Å²) in [6.45, 7) is 2.00. The van der Waals surface area contributed by atoms with Gasteiger partial charge in [-0.25, -0.2) is 0 Å². The van der Waals surface area contributed by atoms with Gasteiger partial charge < -0.3 is 21.7 Å². The van der Waals surface area contributed by atoms with Gasteiger partial charge in [-0.05, 0) is 36.8 Å². The molecule has 134 valence electrons. The highest BCUT2D eigenvalue weighted by molar-refractivity contribution is 6.09. The number of rotatable bonds is 4. The van der Waals surface area contributed by atoms with Gasteiger partial charge in [-0.3, -0.25) is 9.79 Å². The van der Waals surface area contributed by atoms with E-state index in [0.717, 1.165) is 33.9 Å². The Morgan fingerprint density at radius 3 is 2.73 bits per heavy atom. The summed E-state index contributed by atoms with van der Waals surface area (Å²) in [6, 6.07) is 13.8. The molecule has 0 saturated heterocycles. The van der Waals surface area contributed by atoms with Gasteiger partial charge in [-0.2, -0.15) is 0 Å². The minimum atomic E-state index is 0.0175. The number of nitrogens with one attached hydrogen (secondary N) is 3. The topological polar surface area (TPSA) is 91.5 Å². The molecule has 5 N–H and O–H groups in total. The van der Waals surface area contributed by atoms with E-state index in [0.29, 0.717) is 6.42 Å². The number of anilines is 4. The molecule has 0 aliphatic carbocycles. The Morgan fingerprint density at radius 1 is 1.27 bits per heavy atom. The van der Waals surface area contributed by atoms with Gasteiger partial charge in [0.2, 0.25) is 5.91 Å². The van der Waals surface area contributed by atoms with Gasteiger partial charge >= 0.3 is 0 Å². The molecule has 6 nitrogen and oxygen atoms in total. The van der Waals surface area contributed by atoms with E-state index in [2.05, 4.69) is 20.9 Å². The monoisotopic (exact) mass is 349 g/mol. The summed E-state index contributed by atoms with van der Waals surface area (Å²) in [5, 5.41) is 9.77. The second kappa shape index (κ2) is 7.74. The zero-order valence-electron chi connectivity index (χ0n) is 14.9. The quantitative estimate of drug-likeness (QED) is 0.635. The zero-order chi connectivity index (χ0) is 18.5. The average Bonchev–Trinajstić information content (AvgIpc) is 2.77. The van der Waals surface area contributed by atoms with E-state index in [1.54, 1.807) is 19.5 Å². The summed E-state index contributed by atoms with van der Waals surface area (Å²) in [6.07, 6.45) is 3.71. The van der Waals surface area contributed by atoms with Crippen LogP contribution in [-0.4, -0.2) is 25.2 Å². The molecule has 3 rings (SSSR count). The molecule has 0 radical (unpaired) electrons. The van der Waals surface area contributed by atoms with Crippen molar-refractivity contribution in [1.82, 2.24) is 0 Å². The van der Waals surface area contributed by atoms with Crippen LogP contribution in [0.4, 0.5) is 22.7 Å². The molecule has 2 aromatic carbocycles. The third kappa shape index (κ3) is 3.85. The molecule has 0 aromatic heterocycles. The van der Waals surface area contributed by atoms with Crippen LogP contribution in [0.5, 0.6) is 0 Å². The summed E-state index contributed by atoms with van der Waals surface area (Å²) in [5.41, 5.74) is 11.1. The van der Waals surface area contributed by atoms with Crippen LogP contribution < -0.4 is 21.7 Å². The molecule has 0 spiro atoms. The molecule has 1 heterocycles. The van der Waals surface area contributed by atoms with E-state index in [-0.39, 0.29) is 11.9 Å². The maximum absolute atomic E-state index is 11.9. The molecule has 1 amide bonds. The van der Waals surface area contributed by atoms with Crippen molar-refractivity contribution in [3.8, 4) is 0 Å². The Kier molecular flexibility index (Phi) is 5.22. The molecular weight excluding hydrogens is 326 g/mol. The fraction of sp³-hybridized carbons (Fsp3) is 0.200. The molecule has 2 aromatic rings. The highest BCUT2D eigenvalue weighted by atomic mass is 16.1. The maximum Gasteiger partial charge on any atom is 0.226 e. The van der Waals surface area contributed by atoms with Crippen molar-refractivity contribution in [2.24, 2.45) is 10.7 Å². The van der Waals surface area contributed by atoms with Crippen molar-refractivity contribution in [3.05, 3.63) is 54.2 Å². The van der Waals surface area contributed by atoms with Gasteiger partial charge in [-0.1, -0.05) is 18.2 Å². The first-order valence-corrected chi connectivity index (χ1v) is 8.51. The van der Waals surface area contributed by atoms with Crippen molar-refractivity contribution in [2.45, 2.75) is 19.4 Å². The first-order chi connectivity index (χ1) is 12.6. The molecule has 1 atom stereocenters. The number of amides is 1. The Hall–Kier alpha value is -3.28. The SMILES string of the molecule is CN=CC(=CN)c1ccc(Nc2cccc3c2N[C@H](C)CC(=O)N3)cc1. The van der Waals surface area contributed by atoms with Crippen LogP contribution in [0.2, 0.25) is 0 Å². The number of fused-ring (bicyclic) bond motifs is 1. The number of aliphatic imine (C=N–C) groups is 1. The lowest BCUT2D eigenvalue weighted by Gasteiger charge is -2.17. The fourth-order valence-electron chi connectivity index (χ4n) is 2.95. The summed E-state index contributed by atoms with van der Waals surface area (Å²) in [4.78, 5) is 15.9. The van der Waals surface area contributed by atoms with Gasteiger partial charge in [0.1, 0.15) is 0 Å². The number of carbonyl (C=O) groups is 1. The Balaban J connectivity index is 1.86. The van der Waals surface area contributed by atoms with E-state index in [4.69, 9.17) is 5.73 Å². The van der Waals surface area contributed by atoms with Crippen molar-refractivity contribution >= 4 is 40.4 Å². The predicted octanol–water partition coefficient (Wildman–Crippen LogP) is 3.57. The lowest BCUT2D eigenvalue weighted by atomic mass is 10.1. The number of hydrogen-bond acceptors (Lipinski definition) is 5. The number of hydrogen-bond donors (Lipinski definition) is 4. The highest BCUT2D eigenvalue weighted by Gasteiger charge is 2.19. The number of carbonyl (C=O) groups excluding carboxylic acids is 1. The third-order valence-corrected chi connectivity index (χ3v) is 4.17. The smallest absolute Gasteiger partial charge is 0.226 e. The molecule has 1 aliphatic rings. The number of nitrogens with two attached hydrogens (primary N) is 1. The first-order valence-electron chi connectivity index (χ1n) is 8.51. The van der Waals surface area contributed by atoms with Crippen molar-refractivity contribution < 1.29 is 4.79 Å². The predicted molar refractivity (Wildman–Crippen MR) is 109 cm³/mol. The number of nitrogens with zero attached hydrogens (tertiary/aromatic N) is 1. The van der Waals surface area contributed by atoms with E-state index >= 15 is 0 Å². The zero-order valence-corrected chi connectivity index (χ0v) is 14.9. The molecular formula is C20H23N5O. The minimum absolute atomic E-state index is 0.0175. The van der Waals surface area contributed by atoms with E-state index in [1.165, 1.54) is 0 Å². The Bertz CT molecular complexity index is 855. The van der Waals surface area contributed by atoms with Crippen LogP contribution >= 0.6 is 0 Å². The largest absolute Gasteiger partial charge is 0.404 e. The molecule has 0 bridgehead atoms. The number of allylic oxidation sites excluding steroid dienone is 1. The summed E-state index contributed by atoms with van der Waals surface area (Å²) < 4.78 is 0. The second-order valence-electron chi connectivity index (χ2n) is 6.24. The van der Waals surface area contributed by atoms with Crippen molar-refractivity contribution in [2.75, 3.05) is 23.0 Å². The average molecular weight is 349 g/mol. The number of para-hydroxylation sites is 1. The van der Waals surface area contributed by atoms with Crippen LogP contribution in [0, 0.1) is 0 Å². The Morgan fingerprint density at radius 2 is 2.04 bits per heavy atom. The molecule has 26 heavy (non-hydrogen) atoms. The van der Waals surface area contributed by atoms with Crippen LogP contribution in [0.3, 0.4) is 0 Å². The van der Waals surface area contributed by atoms with Crippen LogP contribution in [0.15, 0.2) is 53.7 Å². The van der Waals surface area contributed by atoms with Crippen LogP contribution in [-0.2, 0) is 4.79 Å². The van der Waals surface area contributed by atoms with Crippen LogP contribution in [0.25, 0.3) is 5.57 Å². The van der Waals surface area contributed by atoms with Crippen molar-refractivity contribution in [3.63, 3.8) is 0 Å². The minimum Gasteiger partial charge on any atom is -0.404 e. The first kappa shape index (κ1) is 17.5. The highest BCUT2D eigenvalue weighted by Crippen LogP contribution is 2.35. The van der Waals surface area contributed by atoms with Gasteiger partial charge in [0.05, 0.1) is 17.1 Å². The van der Waals surface area contributed by atoms with Crippen molar-refractivity contribution in [1.29, 1.82) is 0 Å². The normalized spacial score (nSPS) is 17.2. The van der Waals surface area contributed by atoms with Gasteiger partial charge in [0.25, 0.3) is 0 Å². The maximum atomic E-state index is 11.9. The van der Waals surface area contributed by atoms with E-state index in [9.17, 15) is 4.79 Å².